The Bertz CT molecular complexity index is 556. The van der Waals surface area contributed by atoms with E-state index in [2.05, 4.69) is 25.8 Å². The molecule has 16 heavy (non-hydrogen) atoms. The highest BCUT2D eigenvalue weighted by Gasteiger charge is 2.08. The van der Waals surface area contributed by atoms with E-state index in [1.165, 1.54) is 0 Å². The number of hydrogen-bond acceptors (Lipinski definition) is 2. The van der Waals surface area contributed by atoms with Gasteiger partial charge in [0.05, 0.1) is 23.9 Å². The molecule has 1 heterocycles. The van der Waals surface area contributed by atoms with Crippen molar-refractivity contribution in [3.8, 4) is 0 Å². The first-order valence-corrected chi connectivity index (χ1v) is 5.68. The first kappa shape index (κ1) is 11.1. The molecule has 0 spiro atoms. The van der Waals surface area contributed by atoms with Crippen LogP contribution in [0, 0.1) is 6.57 Å². The predicted molar refractivity (Wildman–Crippen MR) is 65.4 cm³/mol. The fourth-order valence-electron chi connectivity index (χ4n) is 1.62. The Morgan fingerprint density at radius 2 is 2.31 bits per heavy atom. The minimum atomic E-state index is 0.156. The van der Waals surface area contributed by atoms with Crippen LogP contribution >= 0.6 is 15.9 Å². The average Bonchev–Trinajstić information content (AvgIpc) is 2.68. The summed E-state index contributed by atoms with van der Waals surface area (Å²) in [6, 6.07) is 3.70. The van der Waals surface area contributed by atoms with E-state index in [1.807, 2.05) is 10.6 Å². The summed E-state index contributed by atoms with van der Waals surface area (Å²) in [5, 5.41) is 8.80. The van der Waals surface area contributed by atoms with E-state index in [4.69, 9.17) is 11.7 Å². The predicted octanol–water partition coefficient (Wildman–Crippen LogP) is 2.73. The lowest BCUT2D eigenvalue weighted by molar-refractivity contribution is 0.280. The number of benzene rings is 1. The maximum atomic E-state index is 8.80. The number of imidazole rings is 1. The Kier molecular flexibility index (Phi) is 3.22. The van der Waals surface area contributed by atoms with Crippen molar-refractivity contribution in [2.45, 2.75) is 13.0 Å². The van der Waals surface area contributed by atoms with E-state index in [9.17, 15) is 0 Å². The van der Waals surface area contributed by atoms with E-state index in [1.54, 1.807) is 12.4 Å². The van der Waals surface area contributed by atoms with Crippen LogP contribution in [-0.4, -0.2) is 21.3 Å². The third-order valence-electron chi connectivity index (χ3n) is 2.35. The summed E-state index contributed by atoms with van der Waals surface area (Å²) in [5.74, 6) is 0. The molecule has 82 valence electrons. The second kappa shape index (κ2) is 4.64. The van der Waals surface area contributed by atoms with Gasteiger partial charge < -0.3 is 9.67 Å². The number of rotatable bonds is 3. The van der Waals surface area contributed by atoms with Crippen molar-refractivity contribution in [2.75, 3.05) is 6.61 Å². The highest BCUT2D eigenvalue weighted by atomic mass is 79.9. The molecular formula is C11H10BrN3O. The van der Waals surface area contributed by atoms with Gasteiger partial charge in [0.2, 0.25) is 5.69 Å². The molecule has 0 saturated carbocycles. The summed E-state index contributed by atoms with van der Waals surface area (Å²) in [5.41, 5.74) is 2.19. The highest BCUT2D eigenvalue weighted by molar-refractivity contribution is 9.10. The molecule has 0 bridgehead atoms. The third-order valence-corrected chi connectivity index (χ3v) is 2.81. The summed E-state index contributed by atoms with van der Waals surface area (Å²) >= 11 is 3.38. The highest BCUT2D eigenvalue weighted by Crippen LogP contribution is 2.29. The van der Waals surface area contributed by atoms with Gasteiger partial charge >= 0.3 is 0 Å². The van der Waals surface area contributed by atoms with Gasteiger partial charge in [-0.25, -0.2) is 9.83 Å². The molecule has 0 aliphatic carbocycles. The average molecular weight is 280 g/mol. The number of aryl methyl sites for hydroxylation is 1. The Hall–Kier alpha value is -1.38. The lowest BCUT2D eigenvalue weighted by Gasteiger charge is -2.03. The lowest BCUT2D eigenvalue weighted by atomic mass is 10.2. The Labute approximate surface area is 101 Å². The third kappa shape index (κ3) is 1.94. The van der Waals surface area contributed by atoms with Gasteiger partial charge in [-0.3, -0.25) is 0 Å². The van der Waals surface area contributed by atoms with Crippen molar-refractivity contribution in [1.29, 1.82) is 0 Å². The second-order valence-electron chi connectivity index (χ2n) is 3.42. The molecule has 0 atom stereocenters. The molecule has 4 nitrogen and oxygen atoms in total. The molecule has 0 aliphatic rings. The monoisotopic (exact) mass is 279 g/mol. The Morgan fingerprint density at radius 1 is 1.50 bits per heavy atom. The minimum absolute atomic E-state index is 0.156. The topological polar surface area (TPSA) is 42.4 Å². The smallest absolute Gasteiger partial charge is 0.215 e. The van der Waals surface area contributed by atoms with Crippen molar-refractivity contribution in [2.24, 2.45) is 0 Å². The van der Waals surface area contributed by atoms with E-state index in [-0.39, 0.29) is 6.61 Å². The molecule has 2 aromatic rings. The van der Waals surface area contributed by atoms with Gasteiger partial charge in [-0.2, -0.15) is 0 Å². The molecule has 1 aromatic heterocycles. The summed E-state index contributed by atoms with van der Waals surface area (Å²) in [6.45, 7) is 7.95. The second-order valence-corrected chi connectivity index (χ2v) is 4.34. The van der Waals surface area contributed by atoms with Gasteiger partial charge in [0, 0.05) is 17.6 Å². The van der Waals surface area contributed by atoms with Gasteiger partial charge in [0.15, 0.2) is 0 Å². The molecule has 0 saturated heterocycles. The number of aromatic nitrogens is 2. The normalized spacial score (nSPS) is 10.6. The first-order chi connectivity index (χ1) is 7.76. The molecule has 1 N–H and O–H groups in total. The fourth-order valence-corrected chi connectivity index (χ4v) is 2.05. The van der Waals surface area contributed by atoms with Crippen molar-refractivity contribution in [3.05, 3.63) is 34.3 Å². The quantitative estimate of drug-likeness (QED) is 0.878. The summed E-state index contributed by atoms with van der Waals surface area (Å²) in [7, 11) is 0. The molecule has 0 unspecified atom stereocenters. The largest absolute Gasteiger partial charge is 0.396 e. The van der Waals surface area contributed by atoms with Crippen molar-refractivity contribution < 1.29 is 5.11 Å². The van der Waals surface area contributed by atoms with E-state index in [0.29, 0.717) is 18.7 Å². The van der Waals surface area contributed by atoms with E-state index in [0.717, 1.165) is 15.5 Å². The molecule has 0 fully saturated rings. The first-order valence-electron chi connectivity index (χ1n) is 4.89. The van der Waals surface area contributed by atoms with Gasteiger partial charge in [0.1, 0.15) is 0 Å². The standard InChI is InChI=1S/C11H10BrN3O/c1-13-9-5-8(12)6-10-11(9)14-7-15(10)3-2-4-16/h5-7,16H,2-4H2. The molecule has 2 rings (SSSR count). The van der Waals surface area contributed by atoms with E-state index >= 15 is 0 Å². The van der Waals surface area contributed by atoms with Gasteiger partial charge in [-0.15, -0.1) is 0 Å². The van der Waals surface area contributed by atoms with Crippen molar-refractivity contribution in [3.63, 3.8) is 0 Å². The van der Waals surface area contributed by atoms with Crippen LogP contribution in [0.2, 0.25) is 0 Å². The Balaban J connectivity index is 2.55. The number of hydrogen-bond donors (Lipinski definition) is 1. The van der Waals surface area contributed by atoms with Crippen molar-refractivity contribution >= 4 is 32.7 Å². The maximum absolute atomic E-state index is 8.80. The number of fused-ring (bicyclic) bond motifs is 1. The summed E-state index contributed by atoms with van der Waals surface area (Å²) in [4.78, 5) is 7.68. The van der Waals surface area contributed by atoms with Crippen LogP contribution < -0.4 is 0 Å². The number of aliphatic hydroxyl groups is 1. The van der Waals surface area contributed by atoms with Crippen LogP contribution in [0.25, 0.3) is 15.9 Å². The van der Waals surface area contributed by atoms with Crippen molar-refractivity contribution in [1.82, 2.24) is 9.55 Å². The van der Waals surface area contributed by atoms with Crippen LogP contribution in [0.4, 0.5) is 5.69 Å². The van der Waals surface area contributed by atoms with Crippen LogP contribution in [0.3, 0.4) is 0 Å². The van der Waals surface area contributed by atoms with Crippen LogP contribution in [0.15, 0.2) is 22.9 Å². The molecule has 0 aliphatic heterocycles. The fraction of sp³-hybridized carbons (Fsp3) is 0.273. The number of nitrogens with zero attached hydrogens (tertiary/aromatic N) is 3. The van der Waals surface area contributed by atoms with E-state index < -0.39 is 0 Å². The zero-order chi connectivity index (χ0) is 11.5. The zero-order valence-corrected chi connectivity index (χ0v) is 10.1. The van der Waals surface area contributed by atoms with Gasteiger partial charge in [-0.1, -0.05) is 15.9 Å². The SMILES string of the molecule is [C-]#[N+]c1cc(Br)cc2c1ncn2CCCO. The van der Waals surface area contributed by atoms with Crippen LogP contribution in [0.5, 0.6) is 0 Å². The molecule has 0 radical (unpaired) electrons. The Morgan fingerprint density at radius 3 is 3.00 bits per heavy atom. The molecule has 1 aromatic carbocycles. The molecule has 0 amide bonds. The van der Waals surface area contributed by atoms with Crippen LogP contribution in [0.1, 0.15) is 6.42 Å². The lowest BCUT2D eigenvalue weighted by Crippen LogP contribution is -1.98. The molecule has 5 heteroatoms. The summed E-state index contributed by atoms with van der Waals surface area (Å²) < 4.78 is 2.82. The summed E-state index contributed by atoms with van der Waals surface area (Å²) in [6.07, 6.45) is 2.40. The number of halogens is 1. The minimum Gasteiger partial charge on any atom is -0.396 e. The number of aliphatic hydroxyl groups excluding tert-OH is 1. The maximum Gasteiger partial charge on any atom is 0.215 e. The molecular weight excluding hydrogens is 270 g/mol. The van der Waals surface area contributed by atoms with Gasteiger partial charge in [-0.05, 0) is 18.6 Å². The van der Waals surface area contributed by atoms with Crippen LogP contribution in [-0.2, 0) is 6.54 Å². The van der Waals surface area contributed by atoms with Gasteiger partial charge in [0.25, 0.3) is 0 Å². The zero-order valence-electron chi connectivity index (χ0n) is 8.52.